The van der Waals surface area contributed by atoms with Gasteiger partial charge in [-0.2, -0.15) is 0 Å². The van der Waals surface area contributed by atoms with Crippen LogP contribution in [0.15, 0.2) is 76.2 Å². The Bertz CT molecular complexity index is 1210. The van der Waals surface area contributed by atoms with Gasteiger partial charge in [0.2, 0.25) is 10.0 Å². The number of hydrogen-bond donors (Lipinski definition) is 1. The largest absolute Gasteiger partial charge is 0.468 e. The summed E-state index contributed by atoms with van der Waals surface area (Å²) in [5.41, 5.74) is 1.55. The summed E-state index contributed by atoms with van der Waals surface area (Å²) in [6.45, 7) is 3.50. The van der Waals surface area contributed by atoms with E-state index in [1.54, 1.807) is 26.1 Å². The van der Waals surface area contributed by atoms with E-state index in [-0.39, 0.29) is 22.9 Å². The Kier molecular flexibility index (Phi) is 7.67. The quantitative estimate of drug-likeness (QED) is 0.481. The lowest BCUT2D eigenvalue weighted by atomic mass is 10.1. The van der Waals surface area contributed by atoms with E-state index in [1.165, 1.54) is 36.3 Å². The summed E-state index contributed by atoms with van der Waals surface area (Å²) >= 11 is 0. The number of ether oxygens (including phenoxy) is 1. The van der Waals surface area contributed by atoms with Crippen molar-refractivity contribution in [2.24, 2.45) is 0 Å². The molecule has 0 radical (unpaired) electrons. The fourth-order valence-electron chi connectivity index (χ4n) is 3.17. The minimum Gasteiger partial charge on any atom is -0.468 e. The number of likely N-dealkylation sites (N-methyl/N-ethyl adjacent to an activating group) is 1. The molecule has 1 aromatic heterocycles. The molecular formula is C24H26N2O6S. The van der Waals surface area contributed by atoms with Gasteiger partial charge in [-0.15, -0.1) is 0 Å². The van der Waals surface area contributed by atoms with Crippen LogP contribution in [0.4, 0.5) is 0 Å². The van der Waals surface area contributed by atoms with E-state index in [0.29, 0.717) is 17.9 Å². The molecule has 0 aliphatic rings. The number of amides is 1. The maximum atomic E-state index is 12.8. The number of nitrogens with zero attached hydrogens (tertiary/aromatic N) is 1. The molecule has 0 saturated carbocycles. The number of aryl methyl sites for hydroxylation is 1. The van der Waals surface area contributed by atoms with Crippen molar-refractivity contribution in [1.82, 2.24) is 9.62 Å². The van der Waals surface area contributed by atoms with Gasteiger partial charge in [-0.3, -0.25) is 4.79 Å². The van der Waals surface area contributed by atoms with Gasteiger partial charge >= 0.3 is 5.97 Å². The van der Waals surface area contributed by atoms with Gasteiger partial charge < -0.3 is 14.1 Å². The molecule has 9 heteroatoms. The lowest BCUT2D eigenvalue weighted by Gasteiger charge is -2.22. The number of nitrogens with one attached hydrogen (secondary N) is 1. The molecule has 1 amide bonds. The zero-order valence-corrected chi connectivity index (χ0v) is 19.5. The number of hydrogen-bond acceptors (Lipinski definition) is 6. The first-order valence-electron chi connectivity index (χ1n) is 10.3. The summed E-state index contributed by atoms with van der Waals surface area (Å²) in [7, 11) is -2.27. The minimum atomic E-state index is -3.89. The first-order valence-corrected chi connectivity index (χ1v) is 11.8. The summed E-state index contributed by atoms with van der Waals surface area (Å²) in [5.74, 6) is -0.685. The third-order valence-corrected chi connectivity index (χ3v) is 6.43. The van der Waals surface area contributed by atoms with Crippen LogP contribution in [0.3, 0.4) is 0 Å². The van der Waals surface area contributed by atoms with E-state index >= 15 is 0 Å². The van der Waals surface area contributed by atoms with Crippen molar-refractivity contribution in [3.8, 4) is 0 Å². The number of esters is 1. The van der Waals surface area contributed by atoms with E-state index in [0.717, 1.165) is 5.56 Å². The van der Waals surface area contributed by atoms with Crippen LogP contribution in [0.2, 0.25) is 0 Å². The maximum Gasteiger partial charge on any atom is 0.339 e. The van der Waals surface area contributed by atoms with Crippen LogP contribution in [0.25, 0.3) is 0 Å². The molecule has 0 aliphatic carbocycles. The third-order valence-electron chi connectivity index (χ3n) is 5.03. The van der Waals surface area contributed by atoms with Crippen molar-refractivity contribution in [3.63, 3.8) is 0 Å². The summed E-state index contributed by atoms with van der Waals surface area (Å²) in [4.78, 5) is 26.8. The van der Waals surface area contributed by atoms with Crippen molar-refractivity contribution < 1.29 is 27.2 Å². The Balaban J connectivity index is 1.68. The molecule has 0 aliphatic heterocycles. The molecule has 33 heavy (non-hydrogen) atoms. The molecule has 174 valence electrons. The Morgan fingerprint density at radius 1 is 1.09 bits per heavy atom. The van der Waals surface area contributed by atoms with Crippen LogP contribution in [-0.4, -0.2) is 38.3 Å². The molecule has 0 saturated heterocycles. The highest BCUT2D eigenvalue weighted by molar-refractivity contribution is 7.89. The number of rotatable bonds is 9. The van der Waals surface area contributed by atoms with Gasteiger partial charge in [0, 0.05) is 13.6 Å². The number of carbonyl (C=O) groups is 2. The van der Waals surface area contributed by atoms with E-state index in [2.05, 4.69) is 4.72 Å². The van der Waals surface area contributed by atoms with E-state index in [1.807, 2.05) is 30.3 Å². The molecule has 1 heterocycles. The van der Waals surface area contributed by atoms with Crippen LogP contribution >= 0.6 is 0 Å². The summed E-state index contributed by atoms with van der Waals surface area (Å²) in [5, 5.41) is 0. The average Bonchev–Trinajstić information content (AvgIpc) is 3.31. The van der Waals surface area contributed by atoms with Crippen LogP contribution in [-0.2, 0) is 32.6 Å². The van der Waals surface area contributed by atoms with Crippen LogP contribution in [0.1, 0.15) is 34.2 Å². The molecule has 3 rings (SSSR count). The average molecular weight is 471 g/mol. The Morgan fingerprint density at radius 2 is 1.82 bits per heavy atom. The molecule has 1 unspecified atom stereocenters. The second-order valence-corrected chi connectivity index (χ2v) is 9.38. The van der Waals surface area contributed by atoms with Crippen LogP contribution < -0.4 is 4.72 Å². The smallest absolute Gasteiger partial charge is 0.339 e. The van der Waals surface area contributed by atoms with Gasteiger partial charge in [-0.1, -0.05) is 36.4 Å². The predicted octanol–water partition coefficient (Wildman–Crippen LogP) is 3.27. The second-order valence-electron chi connectivity index (χ2n) is 7.61. The van der Waals surface area contributed by atoms with Crippen molar-refractivity contribution in [2.75, 3.05) is 7.05 Å². The molecule has 1 atom stereocenters. The Morgan fingerprint density at radius 3 is 2.48 bits per heavy atom. The Labute approximate surface area is 193 Å². The van der Waals surface area contributed by atoms with Crippen LogP contribution in [0.5, 0.6) is 0 Å². The standard InChI is InChI=1S/C24H26N2O6S/c1-17-11-12-21(33(29,30)25-15-20-10-7-13-31-20)14-22(17)24(28)32-18(2)23(27)26(3)16-19-8-5-4-6-9-19/h4-14,18,25H,15-16H2,1-3H3. The molecule has 0 fully saturated rings. The lowest BCUT2D eigenvalue weighted by molar-refractivity contribution is -0.139. The van der Waals surface area contributed by atoms with Crippen molar-refractivity contribution in [3.05, 3.63) is 89.4 Å². The maximum absolute atomic E-state index is 12.8. The van der Waals surface area contributed by atoms with Gasteiger partial charge in [0.1, 0.15) is 5.76 Å². The van der Waals surface area contributed by atoms with Gasteiger partial charge in [-0.05, 0) is 49.2 Å². The highest BCUT2D eigenvalue weighted by atomic mass is 32.2. The zero-order chi connectivity index (χ0) is 24.0. The number of benzene rings is 2. The number of sulfonamides is 1. The van der Waals surface area contributed by atoms with Gasteiger partial charge in [0.25, 0.3) is 5.91 Å². The van der Waals surface area contributed by atoms with E-state index < -0.39 is 22.1 Å². The predicted molar refractivity (Wildman–Crippen MR) is 122 cm³/mol. The minimum absolute atomic E-state index is 0.0255. The molecule has 2 aromatic carbocycles. The number of furan rings is 1. The molecule has 0 bridgehead atoms. The Hall–Kier alpha value is -3.43. The normalized spacial score (nSPS) is 12.2. The zero-order valence-electron chi connectivity index (χ0n) is 18.6. The number of carbonyl (C=O) groups excluding carboxylic acids is 2. The van der Waals surface area contributed by atoms with E-state index in [4.69, 9.17) is 9.15 Å². The molecule has 0 spiro atoms. The van der Waals surface area contributed by atoms with E-state index in [9.17, 15) is 18.0 Å². The van der Waals surface area contributed by atoms with Crippen molar-refractivity contribution >= 4 is 21.9 Å². The molecule has 8 nitrogen and oxygen atoms in total. The SMILES string of the molecule is Cc1ccc(S(=O)(=O)NCc2ccco2)cc1C(=O)OC(C)C(=O)N(C)Cc1ccccc1. The van der Waals surface area contributed by atoms with Crippen LogP contribution in [0, 0.1) is 6.92 Å². The highest BCUT2D eigenvalue weighted by Crippen LogP contribution is 2.18. The van der Waals surface area contributed by atoms with Crippen molar-refractivity contribution in [2.45, 2.75) is 37.9 Å². The first-order chi connectivity index (χ1) is 15.7. The fourth-order valence-corrected chi connectivity index (χ4v) is 4.19. The third kappa shape index (κ3) is 6.30. The van der Waals surface area contributed by atoms with Crippen molar-refractivity contribution in [1.29, 1.82) is 0 Å². The first kappa shape index (κ1) is 24.2. The monoisotopic (exact) mass is 470 g/mol. The second kappa shape index (κ2) is 10.5. The highest BCUT2D eigenvalue weighted by Gasteiger charge is 2.25. The molecule has 3 aromatic rings. The lowest BCUT2D eigenvalue weighted by Crippen LogP contribution is -2.37. The fraction of sp³-hybridized carbons (Fsp3) is 0.250. The molecular weight excluding hydrogens is 444 g/mol. The molecule has 1 N–H and O–H groups in total. The summed E-state index contributed by atoms with van der Waals surface area (Å²) in [6.07, 6.45) is 0.409. The topological polar surface area (TPSA) is 106 Å². The van der Waals surface area contributed by atoms with Gasteiger partial charge in [0.05, 0.1) is 23.3 Å². The summed E-state index contributed by atoms with van der Waals surface area (Å²) < 4.78 is 38.2. The van der Waals surface area contributed by atoms with Gasteiger partial charge in [0.15, 0.2) is 6.10 Å². The van der Waals surface area contributed by atoms with Gasteiger partial charge in [-0.25, -0.2) is 17.9 Å². The summed E-state index contributed by atoms with van der Waals surface area (Å²) in [6, 6.07) is 16.9.